The third kappa shape index (κ3) is 2.41. The van der Waals surface area contributed by atoms with E-state index in [0.29, 0.717) is 29.8 Å². The lowest BCUT2D eigenvalue weighted by atomic mass is 10.0. The van der Waals surface area contributed by atoms with Gasteiger partial charge in [0.1, 0.15) is 0 Å². The largest absolute Gasteiger partial charge is 0.337 e. The Hall–Kier alpha value is -1.92. The molecule has 3 rings (SSSR count). The third-order valence-corrected chi connectivity index (χ3v) is 3.85. The zero-order valence-corrected chi connectivity index (χ0v) is 12.4. The first-order chi connectivity index (χ1) is 9.49. The summed E-state index contributed by atoms with van der Waals surface area (Å²) in [7, 11) is 1.44. The van der Waals surface area contributed by atoms with Crippen molar-refractivity contribution in [1.82, 2.24) is 9.80 Å². The molecule has 2 N–H and O–H groups in total. The topological polar surface area (TPSA) is 83.7 Å². The molecule has 1 aromatic carbocycles. The molecule has 2 aliphatic heterocycles. The van der Waals surface area contributed by atoms with Crippen LogP contribution in [-0.4, -0.2) is 53.7 Å². The number of hydrogen-bond donors (Lipinski definition) is 1. The number of nitrogens with two attached hydrogens (primary N) is 1. The molecule has 2 aliphatic rings. The van der Waals surface area contributed by atoms with Crippen LogP contribution in [-0.2, 0) is 0 Å². The highest BCUT2D eigenvalue weighted by Crippen LogP contribution is 2.23. The standard InChI is InChI=1S/C14H15N3O3.ClH/c1-16-13(19)10-3-2-8(6-11(10)14(16)20)12(18)17-5-4-9(15)7-17;/h2-3,6,9H,4-5,7,15H2,1H3;1H/t9-;/m1./s1. The predicted molar refractivity (Wildman–Crippen MR) is 78.6 cm³/mol. The highest BCUT2D eigenvalue weighted by atomic mass is 35.5. The number of rotatable bonds is 1. The zero-order valence-electron chi connectivity index (χ0n) is 11.5. The maximum Gasteiger partial charge on any atom is 0.261 e. The van der Waals surface area contributed by atoms with Crippen LogP contribution in [0.3, 0.4) is 0 Å². The third-order valence-electron chi connectivity index (χ3n) is 3.85. The Morgan fingerprint density at radius 2 is 1.90 bits per heavy atom. The van der Waals surface area contributed by atoms with E-state index in [1.54, 1.807) is 17.0 Å². The van der Waals surface area contributed by atoms with Crippen LogP contribution >= 0.6 is 12.4 Å². The van der Waals surface area contributed by atoms with E-state index < -0.39 is 0 Å². The molecule has 0 saturated carbocycles. The summed E-state index contributed by atoms with van der Waals surface area (Å²) >= 11 is 0. The first kappa shape index (κ1) is 15.5. The maximum atomic E-state index is 12.3. The minimum absolute atomic E-state index is 0. The van der Waals surface area contributed by atoms with Crippen molar-refractivity contribution in [3.05, 3.63) is 34.9 Å². The number of hydrogen-bond acceptors (Lipinski definition) is 4. The number of halogens is 1. The second-order valence-electron chi connectivity index (χ2n) is 5.23. The Balaban J connectivity index is 0.00000161. The van der Waals surface area contributed by atoms with E-state index >= 15 is 0 Å². The fourth-order valence-electron chi connectivity index (χ4n) is 2.65. The van der Waals surface area contributed by atoms with Gasteiger partial charge in [-0.1, -0.05) is 0 Å². The van der Waals surface area contributed by atoms with Gasteiger partial charge in [-0.05, 0) is 24.6 Å². The number of carbonyl (C=O) groups is 3. The van der Waals surface area contributed by atoms with Crippen molar-refractivity contribution in [3.8, 4) is 0 Å². The molecule has 0 aromatic heterocycles. The van der Waals surface area contributed by atoms with Gasteiger partial charge in [-0.25, -0.2) is 0 Å². The summed E-state index contributed by atoms with van der Waals surface area (Å²) < 4.78 is 0. The number of carbonyl (C=O) groups excluding carboxylic acids is 3. The normalized spacial score (nSPS) is 20.6. The van der Waals surface area contributed by atoms with Crippen molar-refractivity contribution in [2.24, 2.45) is 5.73 Å². The van der Waals surface area contributed by atoms with Crippen LogP contribution in [0.2, 0.25) is 0 Å². The first-order valence-corrected chi connectivity index (χ1v) is 6.50. The second kappa shape index (κ2) is 5.46. The van der Waals surface area contributed by atoms with Gasteiger partial charge in [0.15, 0.2) is 0 Å². The molecule has 112 valence electrons. The molecule has 1 atom stereocenters. The van der Waals surface area contributed by atoms with Crippen LogP contribution in [0.25, 0.3) is 0 Å². The Kier molecular flexibility index (Phi) is 4.02. The average Bonchev–Trinajstić information content (AvgIpc) is 2.97. The number of fused-ring (bicyclic) bond motifs is 1. The molecule has 1 aromatic rings. The van der Waals surface area contributed by atoms with Gasteiger partial charge in [0.05, 0.1) is 11.1 Å². The fourth-order valence-corrected chi connectivity index (χ4v) is 2.65. The summed E-state index contributed by atoms with van der Waals surface area (Å²) in [6, 6.07) is 4.66. The number of likely N-dealkylation sites (tertiary alicyclic amines) is 1. The number of nitrogens with zero attached hydrogens (tertiary/aromatic N) is 2. The monoisotopic (exact) mass is 309 g/mol. The van der Waals surface area contributed by atoms with E-state index in [2.05, 4.69) is 0 Å². The predicted octanol–water partition coefficient (Wildman–Crippen LogP) is 0.507. The van der Waals surface area contributed by atoms with Gasteiger partial charge in [0.25, 0.3) is 17.7 Å². The van der Waals surface area contributed by atoms with Gasteiger partial charge in [0, 0.05) is 31.7 Å². The Labute approximate surface area is 128 Å². The fraction of sp³-hybridized carbons (Fsp3) is 0.357. The number of amides is 3. The van der Waals surface area contributed by atoms with Crippen molar-refractivity contribution < 1.29 is 14.4 Å². The van der Waals surface area contributed by atoms with Crippen molar-refractivity contribution >= 4 is 30.1 Å². The Morgan fingerprint density at radius 3 is 2.52 bits per heavy atom. The Morgan fingerprint density at radius 1 is 1.24 bits per heavy atom. The summed E-state index contributed by atoms with van der Waals surface area (Å²) in [6.07, 6.45) is 0.789. The molecular weight excluding hydrogens is 294 g/mol. The summed E-state index contributed by atoms with van der Waals surface area (Å²) in [5.74, 6) is -0.833. The summed E-state index contributed by atoms with van der Waals surface area (Å²) in [5, 5.41) is 0. The van der Waals surface area contributed by atoms with Gasteiger partial charge < -0.3 is 10.6 Å². The van der Waals surface area contributed by atoms with E-state index in [1.807, 2.05) is 0 Å². The van der Waals surface area contributed by atoms with Crippen molar-refractivity contribution in [3.63, 3.8) is 0 Å². The molecule has 0 bridgehead atoms. The molecule has 0 aliphatic carbocycles. The van der Waals surface area contributed by atoms with Gasteiger partial charge in [0.2, 0.25) is 0 Å². The molecule has 1 saturated heterocycles. The van der Waals surface area contributed by atoms with Crippen molar-refractivity contribution in [2.75, 3.05) is 20.1 Å². The van der Waals surface area contributed by atoms with Crippen molar-refractivity contribution in [2.45, 2.75) is 12.5 Å². The van der Waals surface area contributed by atoms with E-state index in [-0.39, 0.29) is 36.2 Å². The summed E-state index contributed by atoms with van der Waals surface area (Å²) in [4.78, 5) is 38.8. The van der Waals surface area contributed by atoms with Crippen LogP contribution in [0.1, 0.15) is 37.5 Å². The lowest BCUT2D eigenvalue weighted by Crippen LogP contribution is -2.32. The quantitative estimate of drug-likeness (QED) is 0.766. The van der Waals surface area contributed by atoms with Gasteiger partial charge >= 0.3 is 0 Å². The minimum Gasteiger partial charge on any atom is -0.337 e. The van der Waals surface area contributed by atoms with Crippen LogP contribution in [0.15, 0.2) is 18.2 Å². The minimum atomic E-state index is -0.363. The second-order valence-corrected chi connectivity index (χ2v) is 5.23. The SMILES string of the molecule is CN1C(=O)c2ccc(C(=O)N3CC[C@@H](N)C3)cc2C1=O.Cl. The van der Waals surface area contributed by atoms with Crippen molar-refractivity contribution in [1.29, 1.82) is 0 Å². The molecule has 3 amide bonds. The van der Waals surface area contributed by atoms with Gasteiger partial charge in [-0.3, -0.25) is 19.3 Å². The molecule has 7 heteroatoms. The average molecular weight is 310 g/mol. The molecule has 6 nitrogen and oxygen atoms in total. The van der Waals surface area contributed by atoms with Gasteiger partial charge in [-0.15, -0.1) is 12.4 Å². The van der Waals surface area contributed by atoms with Crippen LogP contribution in [0.4, 0.5) is 0 Å². The van der Waals surface area contributed by atoms with Crippen LogP contribution in [0.5, 0.6) is 0 Å². The van der Waals surface area contributed by atoms with E-state index in [9.17, 15) is 14.4 Å². The lowest BCUT2D eigenvalue weighted by molar-refractivity contribution is 0.0692. The Bertz CT molecular complexity index is 632. The van der Waals surface area contributed by atoms with Crippen LogP contribution in [0, 0.1) is 0 Å². The highest BCUT2D eigenvalue weighted by molar-refractivity contribution is 6.21. The number of imide groups is 1. The molecule has 0 spiro atoms. The smallest absolute Gasteiger partial charge is 0.261 e. The molecule has 0 unspecified atom stereocenters. The maximum absolute atomic E-state index is 12.3. The first-order valence-electron chi connectivity index (χ1n) is 6.50. The lowest BCUT2D eigenvalue weighted by Gasteiger charge is -2.15. The van der Waals surface area contributed by atoms with Gasteiger partial charge in [-0.2, -0.15) is 0 Å². The van der Waals surface area contributed by atoms with E-state index in [0.717, 1.165) is 11.3 Å². The molecule has 2 heterocycles. The molecule has 0 radical (unpaired) electrons. The molecule has 1 fully saturated rings. The van der Waals surface area contributed by atoms with E-state index in [4.69, 9.17) is 5.73 Å². The summed E-state index contributed by atoms with van der Waals surface area (Å²) in [6.45, 7) is 1.16. The molecule has 21 heavy (non-hydrogen) atoms. The molecular formula is C14H16ClN3O3. The highest BCUT2D eigenvalue weighted by Gasteiger charge is 2.34. The van der Waals surface area contributed by atoms with Crippen LogP contribution < -0.4 is 5.73 Å². The number of benzene rings is 1. The zero-order chi connectivity index (χ0) is 14.4. The van der Waals surface area contributed by atoms with E-state index in [1.165, 1.54) is 13.1 Å². The summed E-state index contributed by atoms with van der Waals surface area (Å²) in [5.41, 5.74) is 6.87.